The molecule has 0 atom stereocenters. The van der Waals surface area contributed by atoms with Gasteiger partial charge in [-0.15, -0.1) is 10.1 Å². The smallest absolute Gasteiger partial charge is 0.343 e. The topological polar surface area (TPSA) is 213 Å². The number of benzene rings is 4. The lowest BCUT2D eigenvalue weighted by Crippen LogP contribution is -2.11. The van der Waals surface area contributed by atoms with Gasteiger partial charge in [-0.25, -0.2) is 24.2 Å². The molecule has 0 aliphatic heterocycles. The van der Waals surface area contributed by atoms with Crippen molar-refractivity contribution in [2.45, 2.75) is 19.3 Å². The van der Waals surface area contributed by atoms with Crippen molar-refractivity contribution in [2.75, 3.05) is 38.5 Å². The van der Waals surface area contributed by atoms with Crippen molar-refractivity contribution < 1.29 is 57.5 Å². The summed E-state index contributed by atoms with van der Waals surface area (Å²) >= 11 is 1.25. The molecule has 1 aromatic heterocycles. The fraction of sp³-hybridized carbons (Fsp3) is 0.190. The van der Waals surface area contributed by atoms with Crippen LogP contribution >= 0.6 is 11.3 Å². The van der Waals surface area contributed by atoms with Gasteiger partial charge in [-0.3, -0.25) is 10.3 Å². The average Bonchev–Trinajstić information content (AvgIpc) is 3.66. The number of rotatable bonds is 23. The van der Waals surface area contributed by atoms with Crippen LogP contribution in [0, 0.1) is 10.1 Å². The number of aromatic nitrogens is 1. The van der Waals surface area contributed by atoms with Gasteiger partial charge in [-0.1, -0.05) is 30.6 Å². The van der Waals surface area contributed by atoms with Crippen molar-refractivity contribution in [1.82, 2.24) is 4.98 Å². The Kier molecular flexibility index (Phi) is 16.2. The van der Waals surface area contributed by atoms with Crippen LogP contribution in [-0.2, 0) is 30.2 Å². The van der Waals surface area contributed by atoms with E-state index in [-0.39, 0.29) is 43.5 Å². The molecule has 310 valence electrons. The molecule has 0 radical (unpaired) electrons. The maximum atomic E-state index is 13.2. The van der Waals surface area contributed by atoms with E-state index in [1.807, 2.05) is 0 Å². The zero-order chi connectivity index (χ0) is 42.7. The molecule has 0 spiro atoms. The van der Waals surface area contributed by atoms with E-state index in [1.54, 1.807) is 72.8 Å². The van der Waals surface area contributed by atoms with Gasteiger partial charge in [0.05, 0.1) is 60.6 Å². The van der Waals surface area contributed by atoms with E-state index in [0.29, 0.717) is 59.1 Å². The molecule has 0 unspecified atom stereocenters. The second kappa shape index (κ2) is 22.4. The van der Waals surface area contributed by atoms with Crippen LogP contribution < -0.4 is 24.5 Å². The van der Waals surface area contributed by atoms with E-state index in [0.717, 1.165) is 22.4 Å². The number of esters is 4. The Labute approximate surface area is 346 Å². The predicted molar refractivity (Wildman–Crippen MR) is 219 cm³/mol. The van der Waals surface area contributed by atoms with Gasteiger partial charge in [0.15, 0.2) is 0 Å². The summed E-state index contributed by atoms with van der Waals surface area (Å²) in [6.07, 6.45) is 4.87. The lowest BCUT2D eigenvalue weighted by Gasteiger charge is -2.11. The normalized spacial score (nSPS) is 10.7. The van der Waals surface area contributed by atoms with Gasteiger partial charge in [0.1, 0.15) is 23.0 Å². The largest absolute Gasteiger partial charge is 0.493 e. The zero-order valence-corrected chi connectivity index (χ0v) is 32.8. The number of hydrogen-bond acceptors (Lipinski definition) is 17. The number of nitrogens with one attached hydrogen (secondary N) is 1. The molecule has 0 bridgehead atoms. The Hall–Kier alpha value is -7.60. The van der Waals surface area contributed by atoms with E-state index in [2.05, 4.69) is 33.5 Å². The maximum Gasteiger partial charge on any atom is 0.343 e. The molecule has 0 saturated carbocycles. The van der Waals surface area contributed by atoms with Crippen LogP contribution in [0.4, 0.5) is 5.13 Å². The van der Waals surface area contributed by atoms with Gasteiger partial charge in [0.2, 0.25) is 5.13 Å². The Morgan fingerprint density at radius 2 is 1.33 bits per heavy atom. The van der Waals surface area contributed by atoms with Crippen molar-refractivity contribution in [3.8, 4) is 23.0 Å². The highest BCUT2D eigenvalue weighted by Crippen LogP contribution is 2.29. The molecule has 0 aliphatic carbocycles. The maximum absolute atomic E-state index is 13.2. The molecule has 5 aromatic rings. The van der Waals surface area contributed by atoms with E-state index in [1.165, 1.54) is 29.7 Å². The number of anilines is 1. The molecule has 18 heteroatoms. The molecule has 60 heavy (non-hydrogen) atoms. The van der Waals surface area contributed by atoms with Gasteiger partial charge in [-0.2, -0.15) is 5.10 Å². The molecule has 0 aliphatic rings. The van der Waals surface area contributed by atoms with Gasteiger partial charge >= 0.3 is 23.9 Å². The molecular weight excluding hydrogens is 801 g/mol. The Morgan fingerprint density at radius 3 is 1.93 bits per heavy atom. The number of hydrogen-bond donors (Lipinski definition) is 1. The van der Waals surface area contributed by atoms with Gasteiger partial charge < -0.3 is 28.4 Å². The predicted octanol–water partition coefficient (Wildman–Crippen LogP) is 6.93. The first-order valence-corrected chi connectivity index (χ1v) is 19.0. The van der Waals surface area contributed by atoms with Crippen LogP contribution in [-0.4, -0.2) is 73.2 Å². The Bertz CT molecular complexity index is 2340. The fourth-order valence-electron chi connectivity index (χ4n) is 5.04. The lowest BCUT2D eigenvalue weighted by molar-refractivity contribution is -0.711. The first-order valence-electron chi connectivity index (χ1n) is 18.2. The summed E-state index contributed by atoms with van der Waals surface area (Å²) in [5.41, 5.74) is 5.02. The molecule has 17 nitrogen and oxygen atoms in total. The number of hydrazone groups is 1. The number of thiazole rings is 1. The van der Waals surface area contributed by atoms with Crippen LogP contribution in [0.3, 0.4) is 0 Å². The van der Waals surface area contributed by atoms with E-state index >= 15 is 0 Å². The van der Waals surface area contributed by atoms with Crippen molar-refractivity contribution in [3.05, 3.63) is 143 Å². The first-order chi connectivity index (χ1) is 29.1. The van der Waals surface area contributed by atoms with Crippen molar-refractivity contribution >= 4 is 56.8 Å². The summed E-state index contributed by atoms with van der Waals surface area (Å²) in [5, 5.41) is 14.5. The highest BCUT2D eigenvalue weighted by Gasteiger charge is 2.14. The molecule has 0 saturated heterocycles. The number of fused-ring (bicyclic) bond motifs is 1. The quantitative estimate of drug-likeness (QED) is 0.0103. The van der Waals surface area contributed by atoms with E-state index < -0.39 is 29.0 Å². The minimum atomic E-state index is -0.909. The molecular formula is C42H38N4O13S. The molecule has 0 fully saturated rings. The van der Waals surface area contributed by atoms with Gasteiger partial charge in [0.25, 0.3) is 5.09 Å². The van der Waals surface area contributed by atoms with Crippen molar-refractivity contribution in [3.63, 3.8) is 0 Å². The van der Waals surface area contributed by atoms with E-state index in [9.17, 15) is 29.3 Å². The van der Waals surface area contributed by atoms with Crippen LogP contribution in [0.1, 0.15) is 44.7 Å². The monoisotopic (exact) mass is 838 g/mol. The highest BCUT2D eigenvalue weighted by molar-refractivity contribution is 7.22. The second-order valence-electron chi connectivity index (χ2n) is 12.2. The van der Waals surface area contributed by atoms with Crippen LogP contribution in [0.5, 0.6) is 23.0 Å². The molecule has 4 aromatic carbocycles. The summed E-state index contributed by atoms with van der Waals surface area (Å²) in [7, 11) is 0. The molecule has 5 rings (SSSR count). The third-order valence-electron chi connectivity index (χ3n) is 7.92. The first kappa shape index (κ1) is 43.5. The summed E-state index contributed by atoms with van der Waals surface area (Å²) in [4.78, 5) is 68.0. The zero-order valence-electron chi connectivity index (χ0n) is 31.9. The molecule has 1 heterocycles. The fourth-order valence-corrected chi connectivity index (χ4v) is 5.84. The average molecular weight is 839 g/mol. The SMILES string of the molecule is C=CC(=O)OCCCOc1ccc(C(=O)OCCc2ccc(OC(=O)c3ccc(OCCCOC(=O)C=C)cc3)c(/C=N/Nc3nc4cc(O[N+](=O)[O-])ccc4s3)c2)cc1. The summed E-state index contributed by atoms with van der Waals surface area (Å²) in [6, 6.07) is 22.4. The van der Waals surface area contributed by atoms with Crippen molar-refractivity contribution in [1.29, 1.82) is 0 Å². The molecule has 1 N–H and O–H groups in total. The second-order valence-corrected chi connectivity index (χ2v) is 13.2. The van der Waals surface area contributed by atoms with Crippen LogP contribution in [0.25, 0.3) is 10.2 Å². The minimum Gasteiger partial charge on any atom is -0.493 e. The van der Waals surface area contributed by atoms with E-state index in [4.69, 9.17) is 28.4 Å². The van der Waals surface area contributed by atoms with Crippen molar-refractivity contribution in [2.24, 2.45) is 5.10 Å². The molecule has 0 amide bonds. The number of carbonyl (C=O) groups excluding carboxylic acids is 4. The Morgan fingerprint density at radius 1 is 0.733 bits per heavy atom. The highest BCUT2D eigenvalue weighted by atomic mass is 32.1. The minimum absolute atomic E-state index is 0.0224. The summed E-state index contributed by atoms with van der Waals surface area (Å²) in [6.45, 7) is 7.69. The van der Waals surface area contributed by atoms with Crippen LogP contribution in [0.15, 0.2) is 115 Å². The number of carbonyl (C=O) groups is 4. The standard InChI is InChI=1S/C42H38N4O13S/c1-3-38(47)55-22-5-20-53-32-12-8-29(9-13-32)40(49)57-24-19-28-7-17-36(58-41(50)30-10-14-33(15-11-30)54-21-6-23-56-39(48)4-2)31(25-28)27-43-45-42-44-35-26-34(59-46(51)52)16-18-37(35)60-42/h3-4,7-18,25-27H,1-2,5-6,19-24H2,(H,44,45)/b43-27+. The van der Waals surface area contributed by atoms with Gasteiger partial charge in [-0.05, 0) is 84.4 Å². The third-order valence-corrected chi connectivity index (χ3v) is 8.86. The lowest BCUT2D eigenvalue weighted by atomic mass is 10.1. The van der Waals surface area contributed by atoms with Crippen LogP contribution in [0.2, 0.25) is 0 Å². The number of ether oxygens (including phenoxy) is 6. The number of nitrogens with zero attached hydrogens (tertiary/aromatic N) is 3. The Balaban J connectivity index is 1.21. The third kappa shape index (κ3) is 13.8. The van der Waals surface area contributed by atoms with Gasteiger partial charge in [0, 0.05) is 37.0 Å². The summed E-state index contributed by atoms with van der Waals surface area (Å²) in [5.74, 6) is -0.945. The summed E-state index contributed by atoms with van der Waals surface area (Å²) < 4.78 is 33.1.